The predicted octanol–water partition coefficient (Wildman–Crippen LogP) is 5.06. The molecule has 1 saturated heterocycles. The van der Waals surface area contributed by atoms with Crippen molar-refractivity contribution in [1.29, 1.82) is 0 Å². The summed E-state index contributed by atoms with van der Waals surface area (Å²) in [5.41, 5.74) is 1.25. The molecule has 0 aromatic heterocycles. The van der Waals surface area contributed by atoms with Crippen molar-refractivity contribution in [2.45, 2.75) is 77.7 Å². The number of benzene rings is 1. The second-order valence-corrected chi connectivity index (χ2v) is 6.50. The van der Waals surface area contributed by atoms with Gasteiger partial charge in [0, 0.05) is 6.04 Å². The van der Waals surface area contributed by atoms with Gasteiger partial charge in [0.05, 0.1) is 5.60 Å². The molecule has 2 nitrogen and oxygen atoms in total. The summed E-state index contributed by atoms with van der Waals surface area (Å²) < 4.78 is 6.64. The van der Waals surface area contributed by atoms with Crippen LogP contribution in [0.3, 0.4) is 0 Å². The van der Waals surface area contributed by atoms with E-state index in [1.54, 1.807) is 0 Å². The monoisotopic (exact) mass is 289 g/mol. The highest BCUT2D eigenvalue weighted by Crippen LogP contribution is 2.42. The summed E-state index contributed by atoms with van der Waals surface area (Å²) in [4.78, 5) is 0. The third-order valence-electron chi connectivity index (χ3n) is 4.91. The van der Waals surface area contributed by atoms with Crippen LogP contribution in [0.4, 0.5) is 0 Å². The van der Waals surface area contributed by atoms with Crippen LogP contribution in [0.25, 0.3) is 0 Å². The highest BCUT2D eigenvalue weighted by atomic mass is 16.5. The first-order valence-electron chi connectivity index (χ1n) is 8.65. The zero-order chi connectivity index (χ0) is 15.3. The Hall–Kier alpha value is -0.860. The fourth-order valence-corrected chi connectivity index (χ4v) is 3.77. The molecule has 21 heavy (non-hydrogen) atoms. The van der Waals surface area contributed by atoms with Crippen molar-refractivity contribution >= 4 is 0 Å². The van der Waals surface area contributed by atoms with Gasteiger partial charge in [-0.05, 0) is 24.3 Å². The van der Waals surface area contributed by atoms with Crippen molar-refractivity contribution in [2.75, 3.05) is 0 Å². The first-order valence-corrected chi connectivity index (χ1v) is 8.65. The lowest BCUT2D eigenvalue weighted by Crippen LogP contribution is -2.47. The summed E-state index contributed by atoms with van der Waals surface area (Å²) >= 11 is 0. The molecule has 1 aromatic rings. The SMILES string of the molecule is CCCC1(CCC)OC(c2ccccc2)N[C@H]1C(C)CC. The minimum atomic E-state index is -0.000561. The number of nitrogens with one attached hydrogen (secondary N) is 1. The average molecular weight is 289 g/mol. The number of ether oxygens (including phenoxy) is 1. The third-order valence-corrected chi connectivity index (χ3v) is 4.91. The summed E-state index contributed by atoms with van der Waals surface area (Å²) in [5, 5.41) is 3.80. The van der Waals surface area contributed by atoms with Crippen LogP contribution in [-0.2, 0) is 4.74 Å². The van der Waals surface area contributed by atoms with Gasteiger partial charge in [-0.25, -0.2) is 0 Å². The van der Waals surface area contributed by atoms with Crippen LogP contribution in [0.5, 0.6) is 0 Å². The molecule has 118 valence electrons. The maximum atomic E-state index is 6.64. The van der Waals surface area contributed by atoms with E-state index in [1.165, 1.54) is 24.8 Å². The van der Waals surface area contributed by atoms with E-state index in [4.69, 9.17) is 4.74 Å². The molecule has 0 aliphatic carbocycles. The van der Waals surface area contributed by atoms with Gasteiger partial charge in [0.2, 0.25) is 0 Å². The standard InChI is InChI=1S/C19H31NO/c1-5-13-19(14-6-2)17(15(4)7-3)20-18(21-19)16-11-9-8-10-12-16/h8-12,15,17-18,20H,5-7,13-14H2,1-4H3/t15?,17-,18?/m0/s1. The van der Waals surface area contributed by atoms with Crippen molar-refractivity contribution in [3.05, 3.63) is 35.9 Å². The molecule has 1 N–H and O–H groups in total. The Kier molecular flexibility index (Phi) is 5.83. The zero-order valence-electron chi connectivity index (χ0n) is 14.1. The van der Waals surface area contributed by atoms with Gasteiger partial charge in [-0.1, -0.05) is 77.3 Å². The van der Waals surface area contributed by atoms with Crippen molar-refractivity contribution < 1.29 is 4.74 Å². The van der Waals surface area contributed by atoms with Gasteiger partial charge in [-0.15, -0.1) is 0 Å². The molecule has 0 saturated carbocycles. The van der Waals surface area contributed by atoms with Crippen LogP contribution in [0.2, 0.25) is 0 Å². The maximum absolute atomic E-state index is 6.64. The molecule has 0 spiro atoms. The molecule has 1 heterocycles. The van der Waals surface area contributed by atoms with Gasteiger partial charge in [0.15, 0.2) is 0 Å². The maximum Gasteiger partial charge on any atom is 0.135 e. The van der Waals surface area contributed by atoms with E-state index in [0.717, 1.165) is 12.8 Å². The molecule has 0 radical (unpaired) electrons. The predicted molar refractivity (Wildman–Crippen MR) is 89.2 cm³/mol. The van der Waals surface area contributed by atoms with E-state index in [9.17, 15) is 0 Å². The lowest BCUT2D eigenvalue weighted by atomic mass is 9.79. The number of hydrogen-bond acceptors (Lipinski definition) is 2. The third kappa shape index (κ3) is 3.49. The highest BCUT2D eigenvalue weighted by molar-refractivity contribution is 5.20. The molecule has 2 rings (SSSR count). The van der Waals surface area contributed by atoms with E-state index < -0.39 is 0 Å². The first kappa shape index (κ1) is 16.5. The minimum Gasteiger partial charge on any atom is -0.351 e. The Balaban J connectivity index is 2.27. The van der Waals surface area contributed by atoms with E-state index >= 15 is 0 Å². The second kappa shape index (κ2) is 7.42. The largest absolute Gasteiger partial charge is 0.351 e. The van der Waals surface area contributed by atoms with Crippen LogP contribution in [0, 0.1) is 5.92 Å². The summed E-state index contributed by atoms with van der Waals surface area (Å²) in [5.74, 6) is 0.636. The highest BCUT2D eigenvalue weighted by Gasteiger charge is 2.48. The Labute approximate surface area is 130 Å². The molecular weight excluding hydrogens is 258 g/mol. The van der Waals surface area contributed by atoms with E-state index in [2.05, 4.69) is 63.3 Å². The van der Waals surface area contributed by atoms with E-state index in [0.29, 0.717) is 12.0 Å². The van der Waals surface area contributed by atoms with Crippen molar-refractivity contribution in [2.24, 2.45) is 5.92 Å². The second-order valence-electron chi connectivity index (χ2n) is 6.50. The van der Waals surface area contributed by atoms with Crippen LogP contribution >= 0.6 is 0 Å². The Morgan fingerprint density at radius 3 is 2.24 bits per heavy atom. The molecule has 1 fully saturated rings. The molecule has 0 amide bonds. The minimum absolute atomic E-state index is 0.000561. The molecule has 0 bridgehead atoms. The number of hydrogen-bond donors (Lipinski definition) is 1. The average Bonchev–Trinajstić information content (AvgIpc) is 2.87. The van der Waals surface area contributed by atoms with Gasteiger partial charge in [0.1, 0.15) is 6.23 Å². The van der Waals surface area contributed by atoms with Crippen molar-refractivity contribution in [3.63, 3.8) is 0 Å². The smallest absolute Gasteiger partial charge is 0.135 e. The zero-order valence-corrected chi connectivity index (χ0v) is 14.1. The topological polar surface area (TPSA) is 21.3 Å². The Morgan fingerprint density at radius 1 is 1.10 bits per heavy atom. The summed E-state index contributed by atoms with van der Waals surface area (Å²) in [6.45, 7) is 9.17. The lowest BCUT2D eigenvalue weighted by Gasteiger charge is -2.36. The van der Waals surface area contributed by atoms with Gasteiger partial charge in [-0.2, -0.15) is 0 Å². The fraction of sp³-hybridized carbons (Fsp3) is 0.684. The van der Waals surface area contributed by atoms with Crippen LogP contribution < -0.4 is 5.32 Å². The van der Waals surface area contributed by atoms with Crippen molar-refractivity contribution in [3.8, 4) is 0 Å². The van der Waals surface area contributed by atoms with Crippen LogP contribution in [-0.4, -0.2) is 11.6 Å². The molecule has 2 heteroatoms. The van der Waals surface area contributed by atoms with Crippen LogP contribution in [0.15, 0.2) is 30.3 Å². The first-order chi connectivity index (χ1) is 10.2. The molecule has 1 aromatic carbocycles. The quantitative estimate of drug-likeness (QED) is 0.757. The van der Waals surface area contributed by atoms with Gasteiger partial charge >= 0.3 is 0 Å². The van der Waals surface area contributed by atoms with Gasteiger partial charge in [-0.3, -0.25) is 5.32 Å². The van der Waals surface area contributed by atoms with Gasteiger partial charge < -0.3 is 4.74 Å². The number of rotatable bonds is 7. The fourth-order valence-electron chi connectivity index (χ4n) is 3.77. The molecule has 2 unspecified atom stereocenters. The van der Waals surface area contributed by atoms with Gasteiger partial charge in [0.25, 0.3) is 0 Å². The summed E-state index contributed by atoms with van der Waals surface area (Å²) in [6, 6.07) is 11.0. The van der Waals surface area contributed by atoms with Crippen molar-refractivity contribution in [1.82, 2.24) is 5.32 Å². The Morgan fingerprint density at radius 2 is 1.71 bits per heavy atom. The molecule has 3 atom stereocenters. The summed E-state index contributed by atoms with van der Waals surface area (Å²) in [6.07, 6.45) is 5.88. The molecule has 1 aliphatic heterocycles. The normalized spacial score (nSPS) is 25.9. The van der Waals surface area contributed by atoms with E-state index in [1.807, 2.05) is 0 Å². The molecule has 1 aliphatic rings. The molecular formula is C19H31NO. The summed E-state index contributed by atoms with van der Waals surface area (Å²) in [7, 11) is 0. The van der Waals surface area contributed by atoms with Crippen LogP contribution in [0.1, 0.15) is 71.6 Å². The van der Waals surface area contributed by atoms with E-state index in [-0.39, 0.29) is 11.8 Å². The Bertz CT molecular complexity index is 411. The lowest BCUT2D eigenvalue weighted by molar-refractivity contribution is -0.0669.